The third kappa shape index (κ3) is 2.31. The molecule has 1 heterocycles. The molecule has 2 aromatic rings. The Balaban J connectivity index is 2.52. The van der Waals surface area contributed by atoms with Crippen LogP contribution < -0.4 is 0 Å². The number of hydrogen-bond donors (Lipinski definition) is 0. The molecule has 4 nitrogen and oxygen atoms in total. The lowest BCUT2D eigenvalue weighted by Crippen LogP contribution is -2.07. The van der Waals surface area contributed by atoms with Crippen LogP contribution in [0.5, 0.6) is 0 Å². The smallest absolute Gasteiger partial charge is 0.360 e. The number of aromatic nitrogens is 1. The molecule has 19 heavy (non-hydrogen) atoms. The Morgan fingerprint density at radius 1 is 1.32 bits per heavy atom. The van der Waals surface area contributed by atoms with Crippen LogP contribution in [-0.4, -0.2) is 17.6 Å². The minimum Gasteiger partial charge on any atom is -0.461 e. The van der Waals surface area contributed by atoms with Gasteiger partial charge in [0.05, 0.1) is 12.2 Å². The molecule has 0 radical (unpaired) electrons. The fourth-order valence-electron chi connectivity index (χ4n) is 1.48. The zero-order chi connectivity index (χ0) is 14.0. The molecule has 7 heteroatoms. The lowest BCUT2D eigenvalue weighted by molar-refractivity contribution is 0.0520. The van der Waals surface area contributed by atoms with Gasteiger partial charge in [-0.25, -0.2) is 22.9 Å². The summed E-state index contributed by atoms with van der Waals surface area (Å²) in [5, 5.41) is 0. The molecule has 2 rings (SSSR count). The van der Waals surface area contributed by atoms with Gasteiger partial charge in [0.15, 0.2) is 35.3 Å². The van der Waals surface area contributed by atoms with Crippen LogP contribution in [0, 0.1) is 17.5 Å². The second-order valence-electron chi connectivity index (χ2n) is 3.47. The first-order valence-electron chi connectivity index (χ1n) is 5.30. The van der Waals surface area contributed by atoms with Gasteiger partial charge in [-0.3, -0.25) is 0 Å². The number of rotatable bonds is 3. The first-order valence-corrected chi connectivity index (χ1v) is 5.30. The van der Waals surface area contributed by atoms with Gasteiger partial charge < -0.3 is 9.15 Å². The minimum absolute atomic E-state index is 0.0887. The Bertz CT molecular complexity index is 625. The van der Waals surface area contributed by atoms with Crippen LogP contribution >= 0.6 is 0 Å². The molecule has 0 bridgehead atoms. The summed E-state index contributed by atoms with van der Waals surface area (Å²) in [5.74, 6) is -5.59. The van der Waals surface area contributed by atoms with E-state index in [9.17, 15) is 18.0 Å². The van der Waals surface area contributed by atoms with Crippen molar-refractivity contribution in [1.29, 1.82) is 0 Å². The van der Waals surface area contributed by atoms with E-state index >= 15 is 0 Å². The van der Waals surface area contributed by atoms with Gasteiger partial charge in [0.1, 0.15) is 0 Å². The van der Waals surface area contributed by atoms with Crippen molar-refractivity contribution in [3.8, 4) is 11.3 Å². The van der Waals surface area contributed by atoms with Gasteiger partial charge in [-0.05, 0) is 19.1 Å². The number of esters is 1. The molecular weight excluding hydrogens is 263 g/mol. The average Bonchev–Trinajstić information content (AvgIpc) is 2.85. The number of ether oxygens (including phenoxy) is 1. The Kier molecular flexibility index (Phi) is 3.55. The predicted octanol–water partition coefficient (Wildman–Crippen LogP) is 2.94. The normalized spacial score (nSPS) is 10.5. The number of nitrogens with zero attached hydrogens (tertiary/aromatic N) is 1. The fourth-order valence-corrected chi connectivity index (χ4v) is 1.48. The Morgan fingerprint density at radius 3 is 2.74 bits per heavy atom. The van der Waals surface area contributed by atoms with Gasteiger partial charge in [0.25, 0.3) is 0 Å². The highest BCUT2D eigenvalue weighted by molar-refractivity contribution is 5.93. The molecule has 1 aromatic heterocycles. The molecule has 1 aromatic carbocycles. The summed E-state index contributed by atoms with van der Waals surface area (Å²) in [6.45, 7) is 1.67. The third-order valence-electron chi connectivity index (χ3n) is 2.32. The van der Waals surface area contributed by atoms with Gasteiger partial charge in [-0.2, -0.15) is 0 Å². The maximum absolute atomic E-state index is 13.6. The Morgan fingerprint density at radius 2 is 2.05 bits per heavy atom. The third-order valence-corrected chi connectivity index (χ3v) is 2.32. The van der Waals surface area contributed by atoms with Crippen molar-refractivity contribution in [2.24, 2.45) is 0 Å². The zero-order valence-corrected chi connectivity index (χ0v) is 9.75. The Hall–Kier alpha value is -2.31. The fraction of sp³-hybridized carbons (Fsp3) is 0.167. The van der Waals surface area contributed by atoms with Crippen LogP contribution in [0.25, 0.3) is 11.3 Å². The Labute approximate surface area is 105 Å². The van der Waals surface area contributed by atoms with Crippen LogP contribution in [-0.2, 0) is 4.74 Å². The van der Waals surface area contributed by atoms with E-state index in [0.29, 0.717) is 0 Å². The summed E-state index contributed by atoms with van der Waals surface area (Å²) in [7, 11) is 0. The van der Waals surface area contributed by atoms with E-state index in [1.165, 1.54) is 0 Å². The first kappa shape index (κ1) is 13.1. The molecule has 0 amide bonds. The molecule has 100 valence electrons. The molecule has 0 saturated heterocycles. The number of carbonyl (C=O) groups excluding carboxylic acids is 1. The molecule has 0 saturated carbocycles. The second kappa shape index (κ2) is 5.13. The van der Waals surface area contributed by atoms with Gasteiger partial charge >= 0.3 is 5.97 Å². The van der Waals surface area contributed by atoms with Gasteiger partial charge in [-0.15, -0.1) is 0 Å². The van der Waals surface area contributed by atoms with E-state index in [4.69, 9.17) is 9.15 Å². The van der Waals surface area contributed by atoms with Gasteiger partial charge in [0.2, 0.25) is 0 Å². The summed E-state index contributed by atoms with van der Waals surface area (Å²) in [4.78, 5) is 15.1. The molecule has 0 atom stereocenters. The number of oxazole rings is 1. The maximum atomic E-state index is 13.6. The minimum atomic E-state index is -1.65. The van der Waals surface area contributed by atoms with E-state index in [2.05, 4.69) is 4.98 Å². The number of hydrogen-bond acceptors (Lipinski definition) is 4. The summed E-state index contributed by atoms with van der Waals surface area (Å²) in [5.41, 5.74) is -0.703. The maximum Gasteiger partial charge on any atom is 0.360 e. The van der Waals surface area contributed by atoms with Gasteiger partial charge in [-0.1, -0.05) is 0 Å². The highest BCUT2D eigenvalue weighted by Gasteiger charge is 2.24. The van der Waals surface area contributed by atoms with Crippen molar-refractivity contribution < 1.29 is 27.1 Å². The molecule has 0 aliphatic rings. The van der Waals surface area contributed by atoms with Crippen molar-refractivity contribution in [1.82, 2.24) is 4.98 Å². The van der Waals surface area contributed by atoms with Crippen molar-refractivity contribution >= 4 is 5.97 Å². The van der Waals surface area contributed by atoms with E-state index in [1.54, 1.807) is 6.92 Å². The standard InChI is InChI=1S/C12H8F3NO3/c1-2-18-12(17)10-11(19-5-16-10)6-3-4-7(13)9(15)8(6)14/h3-5H,2H2,1H3. The lowest BCUT2D eigenvalue weighted by atomic mass is 10.1. The van der Waals surface area contributed by atoms with Crippen molar-refractivity contribution in [2.45, 2.75) is 6.92 Å². The molecule has 0 unspecified atom stereocenters. The average molecular weight is 271 g/mol. The van der Waals surface area contributed by atoms with Crippen LogP contribution in [0.1, 0.15) is 17.4 Å². The summed E-state index contributed by atoms with van der Waals surface area (Å²) < 4.78 is 49.1. The van der Waals surface area contributed by atoms with Crippen molar-refractivity contribution in [2.75, 3.05) is 6.61 Å². The monoisotopic (exact) mass is 271 g/mol. The van der Waals surface area contributed by atoms with Crippen LogP contribution in [0.2, 0.25) is 0 Å². The second-order valence-corrected chi connectivity index (χ2v) is 3.47. The highest BCUT2D eigenvalue weighted by atomic mass is 19.2. The van der Waals surface area contributed by atoms with E-state index in [1.807, 2.05) is 0 Å². The topological polar surface area (TPSA) is 52.3 Å². The molecule has 0 aliphatic carbocycles. The van der Waals surface area contributed by atoms with Crippen LogP contribution in [0.4, 0.5) is 13.2 Å². The SMILES string of the molecule is CCOC(=O)c1ncoc1-c1ccc(F)c(F)c1F. The molecular formula is C12H8F3NO3. The number of carbonyl (C=O) groups is 1. The number of halogens is 3. The van der Waals surface area contributed by atoms with E-state index in [0.717, 1.165) is 18.5 Å². The number of benzene rings is 1. The zero-order valence-electron chi connectivity index (χ0n) is 9.75. The van der Waals surface area contributed by atoms with Crippen molar-refractivity contribution in [3.63, 3.8) is 0 Å². The summed E-state index contributed by atoms with van der Waals surface area (Å²) in [6.07, 6.45) is 0.891. The lowest BCUT2D eigenvalue weighted by Gasteiger charge is -2.04. The van der Waals surface area contributed by atoms with Crippen LogP contribution in [0.15, 0.2) is 22.9 Å². The molecule has 0 N–H and O–H groups in total. The quantitative estimate of drug-likeness (QED) is 0.636. The predicted molar refractivity (Wildman–Crippen MR) is 57.8 cm³/mol. The van der Waals surface area contributed by atoms with Gasteiger partial charge in [0, 0.05) is 0 Å². The van der Waals surface area contributed by atoms with E-state index < -0.39 is 29.0 Å². The summed E-state index contributed by atoms with van der Waals surface area (Å²) in [6, 6.07) is 1.68. The molecule has 0 fully saturated rings. The van der Waals surface area contributed by atoms with Crippen LogP contribution in [0.3, 0.4) is 0 Å². The molecule has 0 aliphatic heterocycles. The van der Waals surface area contributed by atoms with Crippen molar-refractivity contribution in [3.05, 3.63) is 41.7 Å². The largest absolute Gasteiger partial charge is 0.461 e. The van der Waals surface area contributed by atoms with E-state index in [-0.39, 0.29) is 18.1 Å². The first-order chi connectivity index (χ1) is 9.06. The molecule has 0 spiro atoms. The summed E-state index contributed by atoms with van der Waals surface area (Å²) >= 11 is 0. The highest BCUT2D eigenvalue weighted by Crippen LogP contribution is 2.28.